The third-order valence-corrected chi connectivity index (χ3v) is 2.59. The summed E-state index contributed by atoms with van der Waals surface area (Å²) in [6, 6.07) is 0.643. The summed E-state index contributed by atoms with van der Waals surface area (Å²) in [5.41, 5.74) is 0. The molecule has 0 bridgehead atoms. The molecule has 1 unspecified atom stereocenters. The van der Waals surface area contributed by atoms with Crippen LogP contribution in [0.3, 0.4) is 0 Å². The molecule has 2 nitrogen and oxygen atoms in total. The van der Waals surface area contributed by atoms with Gasteiger partial charge in [0.1, 0.15) is 0 Å². The Labute approximate surface area is 76.3 Å². The lowest BCUT2D eigenvalue weighted by molar-refractivity contribution is 0.382. The van der Waals surface area contributed by atoms with Crippen LogP contribution in [0.1, 0.15) is 26.7 Å². The molecule has 1 rings (SSSR count). The first kappa shape index (κ1) is 10.0. The van der Waals surface area contributed by atoms with E-state index in [1.807, 2.05) is 0 Å². The second-order valence-corrected chi connectivity index (χ2v) is 4.31. The topological polar surface area (TPSA) is 15.3 Å². The average molecular weight is 170 g/mol. The van der Waals surface area contributed by atoms with Crippen LogP contribution in [0.15, 0.2) is 0 Å². The number of rotatable bonds is 4. The molecular formula is C10H22N2. The number of likely N-dealkylation sites (tertiary alicyclic amines) is 1. The Balaban J connectivity index is 2.00. The fourth-order valence-electron chi connectivity index (χ4n) is 1.84. The molecule has 12 heavy (non-hydrogen) atoms. The van der Waals surface area contributed by atoms with Crippen molar-refractivity contribution in [3.05, 3.63) is 0 Å². The number of hydrogen-bond acceptors (Lipinski definition) is 2. The molecule has 1 fully saturated rings. The van der Waals surface area contributed by atoms with E-state index in [1.54, 1.807) is 0 Å². The summed E-state index contributed by atoms with van der Waals surface area (Å²) < 4.78 is 0. The molecule has 2 heteroatoms. The molecule has 1 aliphatic rings. The van der Waals surface area contributed by atoms with Crippen LogP contribution in [-0.2, 0) is 0 Å². The predicted octanol–water partition coefficient (Wildman–Crippen LogP) is 1.33. The van der Waals surface area contributed by atoms with Crippen LogP contribution in [0.25, 0.3) is 0 Å². The molecule has 0 amide bonds. The smallest absolute Gasteiger partial charge is 0.00103 e. The monoisotopic (exact) mass is 170 g/mol. The highest BCUT2D eigenvalue weighted by atomic mass is 15.1. The van der Waals surface area contributed by atoms with Gasteiger partial charge in [0.15, 0.2) is 0 Å². The van der Waals surface area contributed by atoms with E-state index in [0.29, 0.717) is 6.04 Å². The van der Waals surface area contributed by atoms with Crippen LogP contribution >= 0.6 is 0 Å². The van der Waals surface area contributed by atoms with E-state index < -0.39 is 0 Å². The van der Waals surface area contributed by atoms with Gasteiger partial charge in [-0.3, -0.25) is 0 Å². The van der Waals surface area contributed by atoms with Gasteiger partial charge >= 0.3 is 0 Å². The molecule has 0 aromatic heterocycles. The average Bonchev–Trinajstić information content (AvgIpc) is 2.35. The first-order valence-corrected chi connectivity index (χ1v) is 5.10. The quantitative estimate of drug-likeness (QED) is 0.684. The minimum atomic E-state index is 0.643. The summed E-state index contributed by atoms with van der Waals surface area (Å²) in [5, 5.41) is 3.47. The Hall–Kier alpha value is -0.0800. The van der Waals surface area contributed by atoms with Gasteiger partial charge in [0.25, 0.3) is 0 Å². The molecule has 0 aromatic carbocycles. The van der Waals surface area contributed by atoms with Crippen LogP contribution in [0.5, 0.6) is 0 Å². The summed E-state index contributed by atoms with van der Waals surface area (Å²) in [6.07, 6.45) is 2.75. The van der Waals surface area contributed by atoms with Crippen molar-refractivity contribution in [3.63, 3.8) is 0 Å². The van der Waals surface area contributed by atoms with Crippen molar-refractivity contribution in [2.24, 2.45) is 5.92 Å². The SMILES string of the molecule is CC(C)NCCC1CCN(C)C1. The van der Waals surface area contributed by atoms with E-state index in [9.17, 15) is 0 Å². The first-order valence-electron chi connectivity index (χ1n) is 5.10. The van der Waals surface area contributed by atoms with E-state index in [-0.39, 0.29) is 0 Å². The zero-order valence-corrected chi connectivity index (χ0v) is 8.64. The molecule has 1 saturated heterocycles. The van der Waals surface area contributed by atoms with Crippen molar-refractivity contribution in [3.8, 4) is 0 Å². The third kappa shape index (κ3) is 3.55. The van der Waals surface area contributed by atoms with Gasteiger partial charge in [0, 0.05) is 12.6 Å². The standard InChI is InChI=1S/C10H22N2/c1-9(2)11-6-4-10-5-7-12(3)8-10/h9-11H,4-8H2,1-3H3. The Morgan fingerprint density at radius 1 is 1.50 bits per heavy atom. The normalized spacial score (nSPS) is 25.5. The molecule has 0 aromatic rings. The van der Waals surface area contributed by atoms with Gasteiger partial charge < -0.3 is 10.2 Å². The van der Waals surface area contributed by atoms with Crippen molar-refractivity contribution in [2.45, 2.75) is 32.7 Å². The van der Waals surface area contributed by atoms with Gasteiger partial charge in [-0.25, -0.2) is 0 Å². The highest BCUT2D eigenvalue weighted by Crippen LogP contribution is 2.16. The summed E-state index contributed by atoms with van der Waals surface area (Å²) in [6.45, 7) is 8.21. The number of nitrogens with zero attached hydrogens (tertiary/aromatic N) is 1. The lowest BCUT2D eigenvalue weighted by Gasteiger charge is -2.12. The van der Waals surface area contributed by atoms with Gasteiger partial charge in [-0.05, 0) is 38.9 Å². The maximum Gasteiger partial charge on any atom is 0.00103 e. The molecule has 72 valence electrons. The van der Waals surface area contributed by atoms with Crippen LogP contribution in [0.4, 0.5) is 0 Å². The predicted molar refractivity (Wildman–Crippen MR) is 53.4 cm³/mol. The van der Waals surface area contributed by atoms with E-state index in [1.165, 1.54) is 32.5 Å². The van der Waals surface area contributed by atoms with Crippen molar-refractivity contribution < 1.29 is 0 Å². The second-order valence-electron chi connectivity index (χ2n) is 4.31. The van der Waals surface area contributed by atoms with Crippen molar-refractivity contribution in [1.82, 2.24) is 10.2 Å². The molecule has 1 atom stereocenters. The number of nitrogens with one attached hydrogen (secondary N) is 1. The van der Waals surface area contributed by atoms with Gasteiger partial charge in [-0.15, -0.1) is 0 Å². The largest absolute Gasteiger partial charge is 0.315 e. The summed E-state index contributed by atoms with van der Waals surface area (Å²) >= 11 is 0. The molecule has 0 saturated carbocycles. The maximum atomic E-state index is 3.47. The highest BCUT2D eigenvalue weighted by Gasteiger charge is 2.18. The van der Waals surface area contributed by atoms with Crippen molar-refractivity contribution in [2.75, 3.05) is 26.7 Å². The zero-order valence-electron chi connectivity index (χ0n) is 8.64. The van der Waals surface area contributed by atoms with Gasteiger partial charge in [0.05, 0.1) is 0 Å². The molecule has 0 spiro atoms. The molecule has 1 aliphatic heterocycles. The van der Waals surface area contributed by atoms with Gasteiger partial charge in [-0.2, -0.15) is 0 Å². The Morgan fingerprint density at radius 3 is 2.75 bits per heavy atom. The zero-order chi connectivity index (χ0) is 8.97. The molecular weight excluding hydrogens is 148 g/mol. The minimum absolute atomic E-state index is 0.643. The summed E-state index contributed by atoms with van der Waals surface area (Å²) in [7, 11) is 2.22. The van der Waals surface area contributed by atoms with E-state index in [2.05, 4.69) is 31.1 Å². The highest BCUT2D eigenvalue weighted by molar-refractivity contribution is 4.73. The summed E-state index contributed by atoms with van der Waals surface area (Å²) in [5.74, 6) is 0.946. The minimum Gasteiger partial charge on any atom is -0.315 e. The Morgan fingerprint density at radius 2 is 2.25 bits per heavy atom. The lowest BCUT2D eigenvalue weighted by Crippen LogP contribution is -2.25. The van der Waals surface area contributed by atoms with Crippen molar-refractivity contribution >= 4 is 0 Å². The molecule has 0 aliphatic carbocycles. The van der Waals surface area contributed by atoms with E-state index in [0.717, 1.165) is 5.92 Å². The van der Waals surface area contributed by atoms with Crippen LogP contribution in [0, 0.1) is 5.92 Å². The molecule has 0 radical (unpaired) electrons. The Kier molecular flexibility index (Phi) is 4.02. The first-order chi connectivity index (χ1) is 5.68. The van der Waals surface area contributed by atoms with E-state index >= 15 is 0 Å². The van der Waals surface area contributed by atoms with Crippen LogP contribution in [-0.4, -0.2) is 37.6 Å². The van der Waals surface area contributed by atoms with E-state index in [4.69, 9.17) is 0 Å². The van der Waals surface area contributed by atoms with Gasteiger partial charge in [-0.1, -0.05) is 13.8 Å². The fourth-order valence-corrected chi connectivity index (χ4v) is 1.84. The number of hydrogen-bond donors (Lipinski definition) is 1. The van der Waals surface area contributed by atoms with Crippen molar-refractivity contribution in [1.29, 1.82) is 0 Å². The molecule has 1 heterocycles. The summed E-state index contributed by atoms with van der Waals surface area (Å²) in [4.78, 5) is 2.43. The molecule has 1 N–H and O–H groups in total. The van der Waals surface area contributed by atoms with Gasteiger partial charge in [0.2, 0.25) is 0 Å². The van der Waals surface area contributed by atoms with Crippen LogP contribution < -0.4 is 5.32 Å². The van der Waals surface area contributed by atoms with Crippen LogP contribution in [0.2, 0.25) is 0 Å². The Bertz CT molecular complexity index is 123. The maximum absolute atomic E-state index is 3.47. The second kappa shape index (κ2) is 4.83. The fraction of sp³-hybridized carbons (Fsp3) is 1.00. The third-order valence-electron chi connectivity index (χ3n) is 2.59. The lowest BCUT2D eigenvalue weighted by atomic mass is 10.1.